The first kappa shape index (κ1) is 33.6. The molecule has 1 heterocycles. The lowest BCUT2D eigenvalue weighted by atomic mass is 9.81. The predicted octanol–water partition coefficient (Wildman–Crippen LogP) is 16.0. The van der Waals surface area contributed by atoms with Gasteiger partial charge in [0.15, 0.2) is 0 Å². The molecule has 0 amide bonds. The molecule has 0 saturated heterocycles. The van der Waals surface area contributed by atoms with Gasteiger partial charge in [0.1, 0.15) is 0 Å². The summed E-state index contributed by atoms with van der Waals surface area (Å²) in [7, 11) is 0. The van der Waals surface area contributed by atoms with Crippen LogP contribution in [-0.2, 0) is 5.41 Å². The van der Waals surface area contributed by atoms with Crippen molar-refractivity contribution in [2.75, 3.05) is 4.90 Å². The van der Waals surface area contributed by atoms with Crippen LogP contribution in [0.1, 0.15) is 25.0 Å². The molecule has 0 atom stereocenters. The van der Waals surface area contributed by atoms with E-state index in [1.54, 1.807) is 0 Å². The van der Waals surface area contributed by atoms with E-state index in [-0.39, 0.29) is 5.41 Å². The van der Waals surface area contributed by atoms with Gasteiger partial charge in [0.05, 0.1) is 5.69 Å². The summed E-state index contributed by atoms with van der Waals surface area (Å²) in [6, 6.07) is 73.8. The lowest BCUT2D eigenvalue weighted by Gasteiger charge is -2.29. The van der Waals surface area contributed by atoms with Crippen molar-refractivity contribution in [1.82, 2.24) is 0 Å². The Morgan fingerprint density at radius 3 is 1.68 bits per heavy atom. The molecule has 0 fully saturated rings. The van der Waals surface area contributed by atoms with Crippen LogP contribution in [0.4, 0.5) is 17.1 Å². The molecule has 270 valence electrons. The van der Waals surface area contributed by atoms with Crippen molar-refractivity contribution in [2.24, 2.45) is 0 Å². The molecule has 0 radical (unpaired) electrons. The number of rotatable bonds is 6. The normalized spacial score (nSPS) is 12.9. The number of hydrogen-bond acceptors (Lipinski definition) is 2. The second-order valence-electron chi connectivity index (χ2n) is 15.7. The molecular weight excluding hydrogens is 707 g/mol. The molecule has 10 aromatic rings. The van der Waals surface area contributed by atoms with Crippen molar-refractivity contribution in [3.05, 3.63) is 211 Å². The summed E-state index contributed by atoms with van der Waals surface area (Å²) in [6.45, 7) is 4.75. The van der Waals surface area contributed by atoms with Gasteiger partial charge in [-0.15, -0.1) is 11.3 Å². The predicted molar refractivity (Wildman–Crippen MR) is 245 cm³/mol. The van der Waals surface area contributed by atoms with Gasteiger partial charge in [-0.1, -0.05) is 159 Å². The molecule has 1 aromatic heterocycles. The van der Waals surface area contributed by atoms with Crippen LogP contribution in [0.15, 0.2) is 200 Å². The largest absolute Gasteiger partial charge is 0.310 e. The van der Waals surface area contributed by atoms with Crippen LogP contribution in [-0.4, -0.2) is 0 Å². The van der Waals surface area contributed by atoms with Gasteiger partial charge in [-0.05, 0) is 116 Å². The Bertz CT molecular complexity index is 3130. The van der Waals surface area contributed by atoms with E-state index in [0.29, 0.717) is 0 Å². The highest BCUT2D eigenvalue weighted by Crippen LogP contribution is 2.52. The molecule has 2 heteroatoms. The van der Waals surface area contributed by atoms with Gasteiger partial charge in [-0.25, -0.2) is 0 Å². The zero-order chi connectivity index (χ0) is 38.1. The Morgan fingerprint density at radius 1 is 0.368 bits per heavy atom. The number of hydrogen-bond donors (Lipinski definition) is 0. The lowest BCUT2D eigenvalue weighted by molar-refractivity contribution is 0.660. The monoisotopic (exact) mass is 745 g/mol. The first-order chi connectivity index (χ1) is 28.0. The van der Waals surface area contributed by atoms with E-state index in [0.717, 1.165) is 11.4 Å². The maximum atomic E-state index is 2.44. The molecule has 0 saturated carbocycles. The van der Waals surface area contributed by atoms with E-state index < -0.39 is 0 Å². The minimum Gasteiger partial charge on any atom is -0.310 e. The number of benzene rings is 9. The van der Waals surface area contributed by atoms with Crippen molar-refractivity contribution in [3.8, 4) is 44.5 Å². The highest BCUT2D eigenvalue weighted by atomic mass is 32.1. The van der Waals surface area contributed by atoms with E-state index in [9.17, 15) is 0 Å². The molecule has 1 aliphatic rings. The van der Waals surface area contributed by atoms with Crippen molar-refractivity contribution >= 4 is 59.3 Å². The summed E-state index contributed by atoms with van der Waals surface area (Å²) in [5, 5.41) is 5.12. The fourth-order valence-corrected chi connectivity index (χ4v) is 10.2. The molecule has 1 aliphatic carbocycles. The van der Waals surface area contributed by atoms with Crippen LogP contribution in [0.5, 0.6) is 0 Å². The van der Waals surface area contributed by atoms with Crippen molar-refractivity contribution in [3.63, 3.8) is 0 Å². The third kappa shape index (κ3) is 5.59. The van der Waals surface area contributed by atoms with Crippen LogP contribution in [0, 0.1) is 0 Å². The van der Waals surface area contributed by atoms with Gasteiger partial charge in [-0.2, -0.15) is 0 Å². The highest BCUT2D eigenvalue weighted by Gasteiger charge is 2.36. The average Bonchev–Trinajstić information content (AvgIpc) is 3.75. The zero-order valence-electron chi connectivity index (χ0n) is 31.9. The molecule has 0 bridgehead atoms. The molecule has 57 heavy (non-hydrogen) atoms. The lowest BCUT2D eigenvalue weighted by Crippen LogP contribution is -2.16. The van der Waals surface area contributed by atoms with Gasteiger partial charge in [0.25, 0.3) is 0 Å². The third-order valence-electron chi connectivity index (χ3n) is 12.1. The standard InChI is InChI=1S/C55H39NS/c1-55(2)50-34-42(36-11-4-3-5-12-36)25-30-46(50)47-31-29-44(35-51(47)55)56(52-17-10-14-40-13-6-7-15-45(40)52)43-27-23-38(24-28-43)37-19-21-39(22-20-37)41-26-32-54-49(33-41)48-16-8-9-18-53(48)57-54/h3-35H,1-2H3. The number of nitrogens with zero attached hydrogens (tertiary/aromatic N) is 1. The van der Waals surface area contributed by atoms with Gasteiger partial charge in [0.2, 0.25) is 0 Å². The Hall–Kier alpha value is -6.74. The summed E-state index contributed by atoms with van der Waals surface area (Å²) in [5.41, 5.74) is 16.1. The van der Waals surface area contributed by atoms with Crippen LogP contribution in [0.2, 0.25) is 0 Å². The molecule has 0 aliphatic heterocycles. The molecule has 1 nitrogen and oxygen atoms in total. The Kier molecular flexibility index (Phi) is 7.77. The maximum Gasteiger partial charge on any atom is 0.0540 e. The zero-order valence-corrected chi connectivity index (χ0v) is 32.7. The van der Waals surface area contributed by atoms with E-state index in [1.165, 1.54) is 92.3 Å². The van der Waals surface area contributed by atoms with Crippen LogP contribution < -0.4 is 4.90 Å². The van der Waals surface area contributed by atoms with Crippen LogP contribution >= 0.6 is 11.3 Å². The SMILES string of the molecule is CC1(C)c2cc(-c3ccccc3)ccc2-c2ccc(N(c3ccc(-c4ccc(-c5ccc6sc7ccccc7c6c5)cc4)cc3)c3cccc4ccccc34)cc21. The quantitative estimate of drug-likeness (QED) is 0.164. The van der Waals surface area contributed by atoms with Crippen LogP contribution in [0.3, 0.4) is 0 Å². The van der Waals surface area contributed by atoms with Gasteiger partial charge in [0, 0.05) is 42.3 Å². The number of thiophene rings is 1. The Balaban J connectivity index is 0.960. The second-order valence-corrected chi connectivity index (χ2v) is 16.8. The minimum atomic E-state index is -0.158. The summed E-state index contributed by atoms with van der Waals surface area (Å²) < 4.78 is 2.67. The second kappa shape index (κ2) is 13.2. The third-order valence-corrected chi connectivity index (χ3v) is 13.2. The fourth-order valence-electron chi connectivity index (χ4n) is 9.07. The van der Waals surface area contributed by atoms with Gasteiger partial charge >= 0.3 is 0 Å². The van der Waals surface area contributed by atoms with Crippen molar-refractivity contribution in [2.45, 2.75) is 19.3 Å². The highest BCUT2D eigenvalue weighted by molar-refractivity contribution is 7.25. The summed E-state index contributed by atoms with van der Waals surface area (Å²) in [6.07, 6.45) is 0. The van der Waals surface area contributed by atoms with Crippen molar-refractivity contribution in [1.29, 1.82) is 0 Å². The summed E-state index contributed by atoms with van der Waals surface area (Å²) in [4.78, 5) is 2.44. The summed E-state index contributed by atoms with van der Waals surface area (Å²) >= 11 is 1.86. The Morgan fingerprint density at radius 2 is 0.895 bits per heavy atom. The topological polar surface area (TPSA) is 3.24 Å². The molecule has 9 aromatic carbocycles. The number of anilines is 3. The molecule has 11 rings (SSSR count). The molecule has 0 unspecified atom stereocenters. The molecule has 0 spiro atoms. The van der Waals surface area contributed by atoms with Gasteiger partial charge < -0.3 is 4.90 Å². The first-order valence-corrected chi connectivity index (χ1v) is 20.6. The first-order valence-electron chi connectivity index (χ1n) is 19.7. The Labute approximate surface area is 337 Å². The van der Waals surface area contributed by atoms with Gasteiger partial charge in [-0.3, -0.25) is 0 Å². The molecule has 0 N–H and O–H groups in total. The smallest absolute Gasteiger partial charge is 0.0540 e. The summed E-state index contributed by atoms with van der Waals surface area (Å²) in [5.74, 6) is 0. The number of fused-ring (bicyclic) bond motifs is 7. The van der Waals surface area contributed by atoms with E-state index >= 15 is 0 Å². The minimum absolute atomic E-state index is 0.158. The average molecular weight is 746 g/mol. The molecular formula is C55H39NS. The van der Waals surface area contributed by atoms with Crippen molar-refractivity contribution < 1.29 is 0 Å². The van der Waals surface area contributed by atoms with E-state index in [2.05, 4.69) is 219 Å². The van der Waals surface area contributed by atoms with Crippen LogP contribution in [0.25, 0.3) is 75.5 Å². The van der Waals surface area contributed by atoms with E-state index in [4.69, 9.17) is 0 Å². The maximum absolute atomic E-state index is 2.44. The fraction of sp³-hybridized carbons (Fsp3) is 0.0545. The van der Waals surface area contributed by atoms with E-state index in [1.807, 2.05) is 11.3 Å².